The molecule has 2 aliphatic heterocycles. The molecule has 0 unspecified atom stereocenters. The van der Waals surface area contributed by atoms with Gasteiger partial charge in [0, 0.05) is 52.6 Å². The minimum absolute atomic E-state index is 0.0728. The molecule has 3 rings (SSSR count). The Balaban J connectivity index is 1.79. The lowest BCUT2D eigenvalue weighted by atomic mass is 9.99. The molecule has 130 valence electrons. The first kappa shape index (κ1) is 16.7. The van der Waals surface area contributed by atoms with Crippen LogP contribution in [0.3, 0.4) is 0 Å². The number of likely N-dealkylation sites (tertiary alicyclic amines) is 1. The second kappa shape index (κ2) is 6.75. The zero-order valence-electron chi connectivity index (χ0n) is 14.7. The van der Waals surface area contributed by atoms with Crippen molar-refractivity contribution in [3.05, 3.63) is 17.6 Å². The van der Waals surface area contributed by atoms with Crippen LogP contribution < -0.4 is 4.90 Å². The Kier molecular flexibility index (Phi) is 4.69. The van der Waals surface area contributed by atoms with Crippen molar-refractivity contribution in [2.75, 3.05) is 37.6 Å². The topological polar surface area (TPSA) is 69.6 Å². The average molecular weight is 331 g/mol. The second-order valence-electron chi connectivity index (χ2n) is 6.56. The molecule has 1 atom stereocenters. The highest BCUT2D eigenvalue weighted by Crippen LogP contribution is 2.33. The number of anilines is 1. The highest BCUT2D eigenvalue weighted by molar-refractivity contribution is 5.74. The van der Waals surface area contributed by atoms with E-state index >= 15 is 0 Å². The Labute approximate surface area is 142 Å². The maximum atomic E-state index is 11.7. The zero-order chi connectivity index (χ0) is 17.3. The van der Waals surface area contributed by atoms with Gasteiger partial charge in [0.15, 0.2) is 0 Å². The van der Waals surface area contributed by atoms with Crippen molar-refractivity contribution in [2.24, 2.45) is 0 Å². The summed E-state index contributed by atoms with van der Waals surface area (Å²) >= 11 is 0. The summed E-state index contributed by atoms with van der Waals surface area (Å²) in [6, 6.07) is 2.08. The van der Waals surface area contributed by atoms with Crippen molar-refractivity contribution >= 4 is 17.6 Å². The van der Waals surface area contributed by atoms with Gasteiger partial charge >= 0.3 is 0 Å². The SMILES string of the molecule is CC(=O)N1CCCN(c2cc([C@H]3CCN3C(C)=O)nc(C)n2)CC1. The van der Waals surface area contributed by atoms with Crippen LogP contribution in [0.25, 0.3) is 0 Å². The van der Waals surface area contributed by atoms with Crippen LogP contribution in [-0.4, -0.2) is 64.3 Å². The Morgan fingerprint density at radius 1 is 1.04 bits per heavy atom. The summed E-state index contributed by atoms with van der Waals surface area (Å²) in [6.45, 7) is 9.08. The molecule has 7 heteroatoms. The fourth-order valence-electron chi connectivity index (χ4n) is 3.44. The Hall–Kier alpha value is -2.18. The smallest absolute Gasteiger partial charge is 0.220 e. The van der Waals surface area contributed by atoms with Crippen LogP contribution in [0.2, 0.25) is 0 Å². The number of aryl methyl sites for hydroxylation is 1. The van der Waals surface area contributed by atoms with Gasteiger partial charge in [-0.3, -0.25) is 9.59 Å². The third-order valence-electron chi connectivity index (χ3n) is 4.87. The van der Waals surface area contributed by atoms with Crippen LogP contribution in [0.1, 0.15) is 44.2 Å². The number of carbonyl (C=O) groups is 2. The van der Waals surface area contributed by atoms with E-state index in [-0.39, 0.29) is 17.9 Å². The van der Waals surface area contributed by atoms with E-state index in [0.717, 1.165) is 62.9 Å². The van der Waals surface area contributed by atoms with E-state index in [9.17, 15) is 9.59 Å². The maximum Gasteiger partial charge on any atom is 0.220 e. The number of nitrogens with zero attached hydrogens (tertiary/aromatic N) is 5. The van der Waals surface area contributed by atoms with Gasteiger partial charge in [0.25, 0.3) is 0 Å². The third-order valence-corrected chi connectivity index (χ3v) is 4.87. The summed E-state index contributed by atoms with van der Waals surface area (Å²) in [7, 11) is 0. The Morgan fingerprint density at radius 2 is 1.83 bits per heavy atom. The summed E-state index contributed by atoms with van der Waals surface area (Å²) < 4.78 is 0. The second-order valence-corrected chi connectivity index (χ2v) is 6.56. The highest BCUT2D eigenvalue weighted by Gasteiger charge is 2.33. The maximum absolute atomic E-state index is 11.7. The molecule has 1 aromatic heterocycles. The van der Waals surface area contributed by atoms with Crippen molar-refractivity contribution in [3.63, 3.8) is 0 Å². The van der Waals surface area contributed by atoms with Gasteiger partial charge in [0.2, 0.25) is 11.8 Å². The summed E-state index contributed by atoms with van der Waals surface area (Å²) in [5.41, 5.74) is 0.923. The highest BCUT2D eigenvalue weighted by atomic mass is 16.2. The van der Waals surface area contributed by atoms with E-state index in [2.05, 4.69) is 14.9 Å². The first-order valence-electron chi connectivity index (χ1n) is 8.59. The minimum atomic E-state index is 0.0728. The van der Waals surface area contributed by atoms with Crippen LogP contribution in [0, 0.1) is 6.92 Å². The molecular formula is C17H25N5O2. The molecule has 2 saturated heterocycles. The van der Waals surface area contributed by atoms with E-state index in [0.29, 0.717) is 0 Å². The molecule has 2 fully saturated rings. The van der Waals surface area contributed by atoms with E-state index in [1.165, 1.54) is 0 Å². The number of hydrogen-bond acceptors (Lipinski definition) is 5. The van der Waals surface area contributed by atoms with Gasteiger partial charge in [-0.15, -0.1) is 0 Å². The summed E-state index contributed by atoms with van der Waals surface area (Å²) in [6.07, 6.45) is 1.88. The normalized spacial score (nSPS) is 21.3. The van der Waals surface area contributed by atoms with Crippen molar-refractivity contribution in [1.82, 2.24) is 19.8 Å². The average Bonchev–Trinajstić information content (AvgIpc) is 2.70. The number of aromatic nitrogens is 2. The fraction of sp³-hybridized carbons (Fsp3) is 0.647. The summed E-state index contributed by atoms with van der Waals surface area (Å²) in [5.74, 6) is 1.85. The predicted molar refractivity (Wildman–Crippen MR) is 90.6 cm³/mol. The van der Waals surface area contributed by atoms with E-state index in [4.69, 9.17) is 0 Å². The number of amides is 2. The van der Waals surface area contributed by atoms with Crippen molar-refractivity contribution in [3.8, 4) is 0 Å². The molecule has 0 spiro atoms. The van der Waals surface area contributed by atoms with Crippen LogP contribution >= 0.6 is 0 Å². The lowest BCUT2D eigenvalue weighted by Crippen LogP contribution is -2.44. The number of carbonyl (C=O) groups excluding carboxylic acids is 2. The van der Waals surface area contributed by atoms with Crippen molar-refractivity contribution < 1.29 is 9.59 Å². The van der Waals surface area contributed by atoms with Crippen LogP contribution in [0.5, 0.6) is 0 Å². The van der Waals surface area contributed by atoms with Crippen LogP contribution in [0.15, 0.2) is 6.07 Å². The molecule has 0 bridgehead atoms. The standard InChI is InChI=1S/C17H25N5O2/c1-12-18-15(16-5-8-22(16)14(3)24)11-17(19-12)21-7-4-6-20(9-10-21)13(2)23/h11,16H,4-10H2,1-3H3/t16-/m1/s1. The number of rotatable bonds is 2. The Bertz CT molecular complexity index is 648. The first-order valence-corrected chi connectivity index (χ1v) is 8.59. The molecule has 1 aromatic rings. The lowest BCUT2D eigenvalue weighted by molar-refractivity contribution is -0.136. The molecule has 0 radical (unpaired) electrons. The number of hydrogen-bond donors (Lipinski definition) is 0. The molecule has 7 nitrogen and oxygen atoms in total. The monoisotopic (exact) mass is 331 g/mol. The molecule has 2 aliphatic rings. The molecule has 3 heterocycles. The van der Waals surface area contributed by atoms with E-state index in [1.807, 2.05) is 22.8 Å². The first-order chi connectivity index (χ1) is 11.5. The molecule has 2 amide bonds. The van der Waals surface area contributed by atoms with Gasteiger partial charge in [-0.2, -0.15) is 0 Å². The Morgan fingerprint density at radius 3 is 2.46 bits per heavy atom. The quantitative estimate of drug-likeness (QED) is 0.813. The largest absolute Gasteiger partial charge is 0.355 e. The molecule has 24 heavy (non-hydrogen) atoms. The minimum Gasteiger partial charge on any atom is -0.355 e. The van der Waals surface area contributed by atoms with Gasteiger partial charge in [0.05, 0.1) is 11.7 Å². The van der Waals surface area contributed by atoms with Gasteiger partial charge < -0.3 is 14.7 Å². The fourth-order valence-corrected chi connectivity index (χ4v) is 3.44. The lowest BCUT2D eigenvalue weighted by Gasteiger charge is -2.40. The van der Waals surface area contributed by atoms with Crippen molar-refractivity contribution in [1.29, 1.82) is 0 Å². The molecule has 0 aromatic carbocycles. The molecule has 0 aliphatic carbocycles. The van der Waals surface area contributed by atoms with Crippen LogP contribution in [0.4, 0.5) is 5.82 Å². The van der Waals surface area contributed by atoms with E-state index in [1.54, 1.807) is 13.8 Å². The predicted octanol–water partition coefficient (Wildman–Crippen LogP) is 1.14. The third kappa shape index (κ3) is 3.34. The van der Waals surface area contributed by atoms with Crippen molar-refractivity contribution in [2.45, 2.75) is 39.7 Å². The van der Waals surface area contributed by atoms with Gasteiger partial charge in [-0.1, -0.05) is 0 Å². The van der Waals surface area contributed by atoms with E-state index < -0.39 is 0 Å². The molecular weight excluding hydrogens is 306 g/mol. The molecule has 0 N–H and O–H groups in total. The van der Waals surface area contributed by atoms with Gasteiger partial charge in [-0.25, -0.2) is 9.97 Å². The van der Waals surface area contributed by atoms with Gasteiger partial charge in [-0.05, 0) is 19.8 Å². The zero-order valence-corrected chi connectivity index (χ0v) is 14.7. The summed E-state index contributed by atoms with van der Waals surface area (Å²) in [5, 5.41) is 0. The summed E-state index contributed by atoms with van der Waals surface area (Å²) in [4.78, 5) is 38.3. The van der Waals surface area contributed by atoms with Crippen LogP contribution in [-0.2, 0) is 9.59 Å². The van der Waals surface area contributed by atoms with Gasteiger partial charge in [0.1, 0.15) is 11.6 Å². The molecule has 0 saturated carbocycles.